The largest absolute Gasteiger partial charge is 0.452 e. The molecule has 3 aromatic rings. The molecule has 1 N–H and O–H groups in total. The third-order valence-electron chi connectivity index (χ3n) is 4.45. The lowest BCUT2D eigenvalue weighted by molar-refractivity contribution is -0.145. The van der Waals surface area contributed by atoms with Crippen molar-refractivity contribution in [2.24, 2.45) is 0 Å². The zero-order chi connectivity index (χ0) is 18.5. The van der Waals surface area contributed by atoms with E-state index in [-0.39, 0.29) is 28.3 Å². The molecule has 0 bridgehead atoms. The number of benzene rings is 1. The molecule has 4 rings (SSSR count). The minimum absolute atomic E-state index is 0.0629. The van der Waals surface area contributed by atoms with E-state index >= 15 is 0 Å². The van der Waals surface area contributed by atoms with Crippen LogP contribution in [0.3, 0.4) is 0 Å². The Balaban J connectivity index is 2.04. The van der Waals surface area contributed by atoms with Crippen LogP contribution in [0.1, 0.15) is 37.1 Å². The van der Waals surface area contributed by atoms with Crippen LogP contribution in [0.15, 0.2) is 17.2 Å². The molecule has 0 atom stereocenters. The molecule has 0 aliphatic heterocycles. The van der Waals surface area contributed by atoms with Crippen molar-refractivity contribution in [3.63, 3.8) is 0 Å². The van der Waals surface area contributed by atoms with E-state index < -0.39 is 12.0 Å². The van der Waals surface area contributed by atoms with Gasteiger partial charge in [0.15, 0.2) is 5.65 Å². The summed E-state index contributed by atoms with van der Waals surface area (Å²) in [6, 6.07) is 2.89. The second kappa shape index (κ2) is 6.54. The quantitative estimate of drug-likeness (QED) is 0.700. The van der Waals surface area contributed by atoms with E-state index in [2.05, 4.69) is 15.2 Å². The van der Waals surface area contributed by atoms with Gasteiger partial charge in [-0.15, -0.1) is 10.2 Å². The van der Waals surface area contributed by atoms with Gasteiger partial charge in [-0.3, -0.25) is 4.40 Å². The van der Waals surface area contributed by atoms with E-state index in [0.29, 0.717) is 15.8 Å². The molecule has 26 heavy (non-hydrogen) atoms. The van der Waals surface area contributed by atoms with Crippen molar-refractivity contribution < 1.29 is 18.3 Å². The number of aliphatic hydroxyl groups excluding tert-OH is 1. The number of halogens is 4. The average Bonchev–Trinajstić information content (AvgIpc) is 3.23. The van der Waals surface area contributed by atoms with E-state index in [0.717, 1.165) is 30.1 Å². The number of nitrogens with zero attached hydrogens (tertiary/aromatic N) is 4. The fourth-order valence-corrected chi connectivity index (χ4v) is 4.79. The summed E-state index contributed by atoms with van der Waals surface area (Å²) in [6.45, 7) is -0.382. The number of aliphatic hydroxyl groups is 1. The molecule has 0 saturated heterocycles. The van der Waals surface area contributed by atoms with Gasteiger partial charge in [-0.2, -0.15) is 13.2 Å². The molecule has 0 amide bonds. The van der Waals surface area contributed by atoms with Gasteiger partial charge in [-0.25, -0.2) is 4.98 Å². The van der Waals surface area contributed by atoms with Crippen molar-refractivity contribution in [3.8, 4) is 0 Å². The Morgan fingerprint density at radius 2 is 1.96 bits per heavy atom. The minimum atomic E-state index is -4.68. The topological polar surface area (TPSA) is 63.3 Å². The van der Waals surface area contributed by atoms with E-state index in [9.17, 15) is 18.3 Å². The first-order valence-electron chi connectivity index (χ1n) is 8.10. The summed E-state index contributed by atoms with van der Waals surface area (Å²) < 4.78 is 41.3. The normalized spacial score (nSPS) is 16.2. The third kappa shape index (κ3) is 3.01. The van der Waals surface area contributed by atoms with Crippen LogP contribution >= 0.6 is 23.4 Å². The van der Waals surface area contributed by atoms with Gasteiger partial charge < -0.3 is 5.11 Å². The fourth-order valence-electron chi connectivity index (χ4n) is 3.29. The van der Waals surface area contributed by atoms with E-state index in [1.54, 1.807) is 0 Å². The molecule has 2 heterocycles. The SMILES string of the molecule is OCc1cc(Cl)cc2c1nc(SC1CCCC1)c1nnc(C(F)(F)F)n12. The summed E-state index contributed by atoms with van der Waals surface area (Å²) in [4.78, 5) is 4.53. The fraction of sp³-hybridized carbons (Fsp3) is 0.438. The van der Waals surface area contributed by atoms with Gasteiger partial charge in [-0.05, 0) is 25.0 Å². The Bertz CT molecular complexity index is 985. The summed E-state index contributed by atoms with van der Waals surface area (Å²) in [6.07, 6.45) is -0.502. The second-order valence-corrected chi connectivity index (χ2v) is 7.94. The molecule has 138 valence electrons. The number of hydrogen-bond donors (Lipinski definition) is 1. The van der Waals surface area contributed by atoms with Gasteiger partial charge in [0, 0.05) is 15.8 Å². The lowest BCUT2D eigenvalue weighted by Gasteiger charge is -2.14. The maximum atomic E-state index is 13.5. The lowest BCUT2D eigenvalue weighted by atomic mass is 10.2. The summed E-state index contributed by atoms with van der Waals surface area (Å²) in [5, 5.41) is 17.6. The van der Waals surface area contributed by atoms with Crippen LogP contribution in [-0.4, -0.2) is 29.9 Å². The average molecular weight is 403 g/mol. The van der Waals surface area contributed by atoms with E-state index in [1.807, 2.05) is 0 Å². The first kappa shape index (κ1) is 17.8. The van der Waals surface area contributed by atoms with Crippen molar-refractivity contribution >= 4 is 40.0 Å². The highest BCUT2D eigenvalue weighted by Crippen LogP contribution is 2.39. The van der Waals surface area contributed by atoms with Crippen LogP contribution in [0.4, 0.5) is 13.2 Å². The van der Waals surface area contributed by atoms with Gasteiger partial charge in [-0.1, -0.05) is 36.2 Å². The molecular weight excluding hydrogens is 389 g/mol. The van der Waals surface area contributed by atoms with Crippen LogP contribution in [0.2, 0.25) is 5.02 Å². The predicted octanol–water partition coefficient (Wildman–Crippen LogP) is 4.48. The smallest absolute Gasteiger partial charge is 0.392 e. The molecule has 0 radical (unpaired) electrons. The van der Waals surface area contributed by atoms with Crippen molar-refractivity contribution in [1.82, 2.24) is 19.6 Å². The Morgan fingerprint density at radius 3 is 2.62 bits per heavy atom. The van der Waals surface area contributed by atoms with Crippen LogP contribution in [0, 0.1) is 0 Å². The first-order chi connectivity index (χ1) is 12.4. The highest BCUT2D eigenvalue weighted by molar-refractivity contribution is 8.00. The lowest BCUT2D eigenvalue weighted by Crippen LogP contribution is -2.12. The molecule has 0 unspecified atom stereocenters. The van der Waals surface area contributed by atoms with Crippen molar-refractivity contribution in [1.29, 1.82) is 0 Å². The molecule has 10 heteroatoms. The molecule has 5 nitrogen and oxygen atoms in total. The molecule has 1 fully saturated rings. The maximum absolute atomic E-state index is 13.5. The van der Waals surface area contributed by atoms with Crippen LogP contribution in [0.25, 0.3) is 16.7 Å². The van der Waals surface area contributed by atoms with Gasteiger partial charge in [0.05, 0.1) is 17.6 Å². The third-order valence-corrected chi connectivity index (χ3v) is 5.97. The van der Waals surface area contributed by atoms with Crippen LogP contribution in [0.5, 0.6) is 0 Å². The standard InChI is InChI=1S/C16H14ClF3N4OS/c17-9-5-8(7-25)12-11(6-9)24-13(22-23-15(24)16(18,19)20)14(21-12)26-10-3-1-2-4-10/h5-6,10,25H,1-4,7H2. The van der Waals surface area contributed by atoms with Crippen molar-refractivity contribution in [2.45, 2.75) is 48.7 Å². The Kier molecular flexibility index (Phi) is 4.48. The van der Waals surface area contributed by atoms with E-state index in [4.69, 9.17) is 11.6 Å². The zero-order valence-electron chi connectivity index (χ0n) is 13.4. The number of rotatable bonds is 3. The van der Waals surface area contributed by atoms with E-state index in [1.165, 1.54) is 23.9 Å². The monoisotopic (exact) mass is 402 g/mol. The molecule has 1 aliphatic rings. The molecule has 2 aromatic heterocycles. The summed E-state index contributed by atoms with van der Waals surface area (Å²) in [7, 11) is 0. The number of alkyl halides is 3. The molecule has 1 aromatic carbocycles. The highest BCUT2D eigenvalue weighted by Gasteiger charge is 2.38. The first-order valence-corrected chi connectivity index (χ1v) is 9.36. The second-order valence-electron chi connectivity index (χ2n) is 6.21. The molecule has 1 saturated carbocycles. The number of aromatic nitrogens is 4. The minimum Gasteiger partial charge on any atom is -0.392 e. The number of hydrogen-bond acceptors (Lipinski definition) is 5. The zero-order valence-corrected chi connectivity index (χ0v) is 15.0. The van der Waals surface area contributed by atoms with Gasteiger partial charge in [0.25, 0.3) is 0 Å². The molecular formula is C16H14ClF3N4OS. The summed E-state index contributed by atoms with van der Waals surface area (Å²) in [5.41, 5.74) is 0.831. The van der Waals surface area contributed by atoms with Crippen LogP contribution < -0.4 is 0 Å². The molecule has 0 spiro atoms. The van der Waals surface area contributed by atoms with Gasteiger partial charge in [0.1, 0.15) is 5.03 Å². The highest BCUT2D eigenvalue weighted by atomic mass is 35.5. The van der Waals surface area contributed by atoms with Crippen molar-refractivity contribution in [2.75, 3.05) is 0 Å². The maximum Gasteiger partial charge on any atom is 0.452 e. The predicted molar refractivity (Wildman–Crippen MR) is 92.3 cm³/mol. The van der Waals surface area contributed by atoms with Crippen LogP contribution in [-0.2, 0) is 12.8 Å². The molecule has 1 aliphatic carbocycles. The Morgan fingerprint density at radius 1 is 1.23 bits per heavy atom. The summed E-state index contributed by atoms with van der Waals surface area (Å²) >= 11 is 7.46. The summed E-state index contributed by atoms with van der Waals surface area (Å²) in [5.74, 6) is -1.13. The van der Waals surface area contributed by atoms with Gasteiger partial charge >= 0.3 is 6.18 Å². The number of fused-ring (bicyclic) bond motifs is 3. The Labute approximate surface area is 155 Å². The Hall–Kier alpha value is -1.58. The van der Waals surface area contributed by atoms with Gasteiger partial charge in [0.2, 0.25) is 5.82 Å². The number of thioether (sulfide) groups is 1. The van der Waals surface area contributed by atoms with Crippen molar-refractivity contribution in [3.05, 3.63) is 28.5 Å².